The van der Waals surface area contributed by atoms with Crippen molar-refractivity contribution in [3.8, 4) is 0 Å². The highest BCUT2D eigenvalue weighted by molar-refractivity contribution is 5.89. The zero-order chi connectivity index (χ0) is 9.71. The summed E-state index contributed by atoms with van der Waals surface area (Å²) in [6.45, 7) is 2.24. The molecule has 0 saturated carbocycles. The molecular formula is C13H15N. The first kappa shape index (κ1) is 8.10. The number of hydrogen-bond acceptors (Lipinski definition) is 0. The Balaban J connectivity index is 2.54. The molecular weight excluding hydrogens is 170 g/mol. The van der Waals surface area contributed by atoms with E-state index in [9.17, 15) is 0 Å². The number of aryl methyl sites for hydroxylation is 3. The zero-order valence-electron chi connectivity index (χ0n) is 8.80. The molecule has 0 radical (unpaired) electrons. The van der Waals surface area contributed by atoms with Crippen molar-refractivity contribution in [2.75, 3.05) is 0 Å². The Kier molecular flexibility index (Phi) is 1.52. The van der Waals surface area contributed by atoms with Gasteiger partial charge >= 0.3 is 0 Å². The van der Waals surface area contributed by atoms with Gasteiger partial charge in [0.25, 0.3) is 0 Å². The Morgan fingerprint density at radius 1 is 1.21 bits per heavy atom. The van der Waals surface area contributed by atoms with Crippen LogP contribution in [0.2, 0.25) is 0 Å². The van der Waals surface area contributed by atoms with E-state index in [0.29, 0.717) is 0 Å². The Morgan fingerprint density at radius 3 is 2.93 bits per heavy atom. The first-order valence-corrected chi connectivity index (χ1v) is 5.35. The zero-order valence-corrected chi connectivity index (χ0v) is 8.80. The third-order valence-electron chi connectivity index (χ3n) is 3.60. The number of aromatic nitrogens is 1. The van der Waals surface area contributed by atoms with Crippen molar-refractivity contribution in [3.05, 3.63) is 35.0 Å². The van der Waals surface area contributed by atoms with Gasteiger partial charge < -0.3 is 4.57 Å². The molecule has 0 fully saturated rings. The largest absolute Gasteiger partial charge is 0.348 e. The predicted molar refractivity (Wildman–Crippen MR) is 59.7 cm³/mol. The van der Waals surface area contributed by atoms with E-state index >= 15 is 0 Å². The van der Waals surface area contributed by atoms with Gasteiger partial charge in [-0.1, -0.05) is 12.1 Å². The van der Waals surface area contributed by atoms with E-state index in [0.717, 1.165) is 0 Å². The van der Waals surface area contributed by atoms with Gasteiger partial charge in [0.2, 0.25) is 0 Å². The van der Waals surface area contributed by atoms with Crippen molar-refractivity contribution in [2.24, 2.45) is 7.05 Å². The Bertz CT molecular complexity index is 505. The van der Waals surface area contributed by atoms with E-state index in [2.05, 4.69) is 36.7 Å². The molecule has 0 saturated heterocycles. The Labute approximate surface area is 84.4 Å². The number of rotatable bonds is 0. The van der Waals surface area contributed by atoms with Gasteiger partial charge in [0.15, 0.2) is 0 Å². The van der Waals surface area contributed by atoms with Gasteiger partial charge in [-0.05, 0) is 43.4 Å². The van der Waals surface area contributed by atoms with Crippen molar-refractivity contribution in [1.29, 1.82) is 0 Å². The second-order valence-corrected chi connectivity index (χ2v) is 4.29. The van der Waals surface area contributed by atoms with Gasteiger partial charge in [-0.2, -0.15) is 0 Å². The topological polar surface area (TPSA) is 4.93 Å². The number of benzene rings is 1. The summed E-state index contributed by atoms with van der Waals surface area (Å²) >= 11 is 0. The standard InChI is InChI=1S/C13H15N/c1-9-11-7-3-5-10-6-4-8-12(13(10)11)14(9)2/h4,6,8H,3,5,7H2,1-2H3. The molecule has 1 heterocycles. The summed E-state index contributed by atoms with van der Waals surface area (Å²) in [7, 11) is 2.18. The Hall–Kier alpha value is -1.24. The van der Waals surface area contributed by atoms with Crippen LogP contribution in [-0.2, 0) is 19.9 Å². The molecule has 1 heteroatoms. The minimum absolute atomic E-state index is 1.26. The van der Waals surface area contributed by atoms with E-state index < -0.39 is 0 Å². The van der Waals surface area contributed by atoms with Gasteiger partial charge in [-0.25, -0.2) is 0 Å². The molecule has 1 aliphatic carbocycles. The molecule has 2 aromatic rings. The molecule has 14 heavy (non-hydrogen) atoms. The summed E-state index contributed by atoms with van der Waals surface area (Å²) in [6.07, 6.45) is 3.84. The van der Waals surface area contributed by atoms with Crippen LogP contribution in [0.25, 0.3) is 10.9 Å². The lowest BCUT2D eigenvalue weighted by atomic mass is 9.92. The van der Waals surface area contributed by atoms with Crippen LogP contribution in [0.15, 0.2) is 18.2 Å². The minimum Gasteiger partial charge on any atom is -0.348 e. The highest BCUT2D eigenvalue weighted by atomic mass is 14.9. The maximum Gasteiger partial charge on any atom is 0.0485 e. The number of hydrogen-bond donors (Lipinski definition) is 0. The van der Waals surface area contributed by atoms with Crippen LogP contribution >= 0.6 is 0 Å². The smallest absolute Gasteiger partial charge is 0.0485 e. The maximum absolute atomic E-state index is 2.33. The van der Waals surface area contributed by atoms with Crippen LogP contribution in [0, 0.1) is 6.92 Å². The molecule has 3 rings (SSSR count). The van der Waals surface area contributed by atoms with E-state index in [1.165, 1.54) is 30.5 Å². The molecule has 1 aromatic carbocycles. The molecule has 0 bridgehead atoms. The fraction of sp³-hybridized carbons (Fsp3) is 0.385. The van der Waals surface area contributed by atoms with E-state index in [4.69, 9.17) is 0 Å². The van der Waals surface area contributed by atoms with Crippen LogP contribution < -0.4 is 0 Å². The van der Waals surface area contributed by atoms with Crippen molar-refractivity contribution in [2.45, 2.75) is 26.2 Å². The SMILES string of the molecule is Cc1c2c3c(cccc3n1C)CCC2. The molecule has 1 aliphatic rings. The number of nitrogens with zero attached hydrogens (tertiary/aromatic N) is 1. The van der Waals surface area contributed by atoms with Gasteiger partial charge in [0, 0.05) is 23.6 Å². The molecule has 0 atom stereocenters. The summed E-state index contributed by atoms with van der Waals surface area (Å²) in [5, 5.41) is 1.54. The summed E-state index contributed by atoms with van der Waals surface area (Å²) in [6, 6.07) is 6.71. The van der Waals surface area contributed by atoms with Crippen molar-refractivity contribution in [3.63, 3.8) is 0 Å². The van der Waals surface area contributed by atoms with Gasteiger partial charge in [0.05, 0.1) is 0 Å². The summed E-state index contributed by atoms with van der Waals surface area (Å²) in [5.74, 6) is 0. The summed E-state index contributed by atoms with van der Waals surface area (Å²) < 4.78 is 2.33. The predicted octanol–water partition coefficient (Wildman–Crippen LogP) is 2.98. The molecule has 0 aliphatic heterocycles. The fourth-order valence-corrected chi connectivity index (χ4v) is 2.75. The second kappa shape index (κ2) is 2.63. The van der Waals surface area contributed by atoms with Gasteiger partial charge in [0.1, 0.15) is 0 Å². The van der Waals surface area contributed by atoms with Crippen LogP contribution in [0.3, 0.4) is 0 Å². The summed E-state index contributed by atoms with van der Waals surface area (Å²) in [4.78, 5) is 0. The quantitative estimate of drug-likeness (QED) is 0.594. The van der Waals surface area contributed by atoms with Crippen molar-refractivity contribution < 1.29 is 0 Å². The average Bonchev–Trinajstić information content (AvgIpc) is 2.47. The van der Waals surface area contributed by atoms with Crippen LogP contribution in [0.5, 0.6) is 0 Å². The molecule has 1 nitrogen and oxygen atoms in total. The lowest BCUT2D eigenvalue weighted by Crippen LogP contribution is -1.99. The van der Waals surface area contributed by atoms with Crippen molar-refractivity contribution >= 4 is 10.9 Å². The molecule has 0 unspecified atom stereocenters. The molecule has 1 aromatic heterocycles. The lowest BCUT2D eigenvalue weighted by Gasteiger charge is -2.11. The Morgan fingerprint density at radius 2 is 2.07 bits per heavy atom. The fourth-order valence-electron chi connectivity index (χ4n) is 2.75. The van der Waals surface area contributed by atoms with Gasteiger partial charge in [-0.3, -0.25) is 0 Å². The third kappa shape index (κ3) is 0.848. The van der Waals surface area contributed by atoms with Crippen LogP contribution in [-0.4, -0.2) is 4.57 Å². The molecule has 0 amide bonds. The lowest BCUT2D eigenvalue weighted by molar-refractivity contribution is 0.795. The first-order chi connectivity index (χ1) is 6.79. The molecule has 72 valence electrons. The average molecular weight is 185 g/mol. The maximum atomic E-state index is 2.33. The third-order valence-corrected chi connectivity index (χ3v) is 3.60. The highest BCUT2D eigenvalue weighted by Crippen LogP contribution is 2.33. The second-order valence-electron chi connectivity index (χ2n) is 4.29. The molecule has 0 spiro atoms. The van der Waals surface area contributed by atoms with E-state index in [1.54, 1.807) is 16.5 Å². The van der Waals surface area contributed by atoms with E-state index in [1.807, 2.05) is 0 Å². The van der Waals surface area contributed by atoms with E-state index in [-0.39, 0.29) is 0 Å². The van der Waals surface area contributed by atoms with Crippen LogP contribution in [0.4, 0.5) is 0 Å². The first-order valence-electron chi connectivity index (χ1n) is 5.35. The van der Waals surface area contributed by atoms with Crippen LogP contribution in [0.1, 0.15) is 23.2 Å². The summed E-state index contributed by atoms with van der Waals surface area (Å²) in [5.41, 5.74) is 6.00. The molecule has 0 N–H and O–H groups in total. The van der Waals surface area contributed by atoms with Gasteiger partial charge in [-0.15, -0.1) is 0 Å². The minimum atomic E-state index is 1.26. The monoisotopic (exact) mass is 185 g/mol. The van der Waals surface area contributed by atoms with Crippen molar-refractivity contribution in [1.82, 2.24) is 4.57 Å². The normalized spacial score (nSPS) is 15.0. The highest BCUT2D eigenvalue weighted by Gasteiger charge is 2.17.